The summed E-state index contributed by atoms with van der Waals surface area (Å²) in [5, 5.41) is 8.77. The van der Waals surface area contributed by atoms with Crippen LogP contribution < -0.4 is 0 Å². The Kier molecular flexibility index (Phi) is 4.56. The summed E-state index contributed by atoms with van der Waals surface area (Å²) in [7, 11) is 0. The van der Waals surface area contributed by atoms with Crippen LogP contribution in [0.1, 0.15) is 38.3 Å². The Morgan fingerprint density at radius 2 is 1.97 bits per heavy atom. The van der Waals surface area contributed by atoms with Crippen molar-refractivity contribution in [3.05, 3.63) is 47.4 Å². The second-order valence-electron chi connectivity index (χ2n) is 9.07. The maximum atomic E-state index is 6.20. The Morgan fingerprint density at radius 3 is 2.74 bits per heavy atom. The lowest BCUT2D eigenvalue weighted by atomic mass is 9.58. The summed E-state index contributed by atoms with van der Waals surface area (Å²) in [6, 6.07) is 7.76. The number of H-pyrrole nitrogens is 1. The highest BCUT2D eigenvalue weighted by molar-refractivity contribution is 6.31. The van der Waals surface area contributed by atoms with Gasteiger partial charge in [-0.15, -0.1) is 0 Å². The Morgan fingerprint density at radius 1 is 1.13 bits per heavy atom. The molecule has 0 saturated heterocycles. The molecule has 0 aliphatic heterocycles. The van der Waals surface area contributed by atoms with Gasteiger partial charge in [-0.1, -0.05) is 18.5 Å². The van der Waals surface area contributed by atoms with E-state index < -0.39 is 0 Å². The predicted octanol–water partition coefficient (Wildman–Crippen LogP) is 5.94. The van der Waals surface area contributed by atoms with Gasteiger partial charge in [-0.25, -0.2) is 15.0 Å². The van der Waals surface area contributed by atoms with Gasteiger partial charge in [0.05, 0.1) is 16.7 Å². The first-order valence-electron chi connectivity index (χ1n) is 11.1. The lowest BCUT2D eigenvalue weighted by Crippen LogP contribution is -2.39. The Labute approximate surface area is 185 Å². The summed E-state index contributed by atoms with van der Waals surface area (Å²) in [5.74, 6) is 4.43. The van der Waals surface area contributed by atoms with Crippen molar-refractivity contribution in [3.63, 3.8) is 0 Å². The van der Waals surface area contributed by atoms with Crippen LogP contribution in [0.5, 0.6) is 0 Å². The third-order valence-electron chi connectivity index (χ3n) is 7.44. The standard InChI is InChI=1S/C24H24ClN5O/c1-13-14-4-6-15(7-5-14)18(13)10-17-11-20(21-3-2-8-31-21)28-24(27-17)22-19-9-16(25)12-26-23(19)30-29-22/h2-3,8-9,11-15,18H,4-7,10H2,1H3,(H,26,29,30). The number of nitrogens with zero attached hydrogens (tertiary/aromatic N) is 4. The van der Waals surface area contributed by atoms with Crippen LogP contribution in [0.3, 0.4) is 0 Å². The lowest BCUT2D eigenvalue weighted by Gasteiger charge is -2.47. The zero-order valence-corrected chi connectivity index (χ0v) is 18.1. The predicted molar refractivity (Wildman–Crippen MR) is 119 cm³/mol. The van der Waals surface area contributed by atoms with Gasteiger partial charge in [0.25, 0.3) is 0 Å². The van der Waals surface area contributed by atoms with E-state index >= 15 is 0 Å². The molecule has 3 aliphatic rings. The molecule has 6 nitrogen and oxygen atoms in total. The van der Waals surface area contributed by atoms with E-state index in [9.17, 15) is 0 Å². The quantitative estimate of drug-likeness (QED) is 0.430. The number of hydrogen-bond acceptors (Lipinski definition) is 5. The normalized spacial score (nSPS) is 25.4. The summed E-state index contributed by atoms with van der Waals surface area (Å²) >= 11 is 6.20. The maximum absolute atomic E-state index is 6.20. The van der Waals surface area contributed by atoms with Gasteiger partial charge in [0, 0.05) is 11.9 Å². The molecule has 0 amide bonds. The van der Waals surface area contributed by atoms with Crippen molar-refractivity contribution >= 4 is 22.6 Å². The first-order chi connectivity index (χ1) is 15.2. The topological polar surface area (TPSA) is 80.5 Å². The molecule has 0 radical (unpaired) electrons. The van der Waals surface area contributed by atoms with Crippen LogP contribution in [0.2, 0.25) is 5.02 Å². The van der Waals surface area contributed by atoms with Gasteiger partial charge in [-0.2, -0.15) is 5.10 Å². The molecule has 31 heavy (non-hydrogen) atoms. The van der Waals surface area contributed by atoms with Crippen LogP contribution in [-0.4, -0.2) is 25.1 Å². The zero-order valence-electron chi connectivity index (χ0n) is 17.4. The second-order valence-corrected chi connectivity index (χ2v) is 9.51. The van der Waals surface area contributed by atoms with Crippen LogP contribution in [0, 0.1) is 23.7 Å². The average molecular weight is 434 g/mol. The number of aromatic nitrogens is 5. The van der Waals surface area contributed by atoms with Crippen molar-refractivity contribution in [2.24, 2.45) is 23.7 Å². The minimum Gasteiger partial charge on any atom is -0.463 e. The van der Waals surface area contributed by atoms with Gasteiger partial charge in [0.2, 0.25) is 0 Å². The van der Waals surface area contributed by atoms with Gasteiger partial charge in [-0.3, -0.25) is 5.10 Å². The largest absolute Gasteiger partial charge is 0.463 e. The molecular formula is C24H24ClN5O. The lowest BCUT2D eigenvalue weighted by molar-refractivity contribution is 0.0339. The summed E-state index contributed by atoms with van der Waals surface area (Å²) in [6.07, 6.45) is 9.74. The van der Waals surface area contributed by atoms with E-state index in [4.69, 9.17) is 26.0 Å². The van der Waals surface area contributed by atoms with Crippen molar-refractivity contribution in [1.82, 2.24) is 25.1 Å². The first-order valence-corrected chi connectivity index (χ1v) is 11.5. The molecule has 1 N–H and O–H groups in total. The van der Waals surface area contributed by atoms with Crippen LogP contribution in [-0.2, 0) is 6.42 Å². The van der Waals surface area contributed by atoms with E-state index in [2.05, 4.69) is 28.2 Å². The Bertz CT molecular complexity index is 1220. The number of furan rings is 1. The van der Waals surface area contributed by atoms with Crippen molar-refractivity contribution < 1.29 is 4.42 Å². The molecule has 3 aliphatic carbocycles. The average Bonchev–Trinajstić information content (AvgIpc) is 3.46. The molecule has 2 unspecified atom stereocenters. The van der Waals surface area contributed by atoms with Crippen molar-refractivity contribution in [2.45, 2.75) is 39.0 Å². The van der Waals surface area contributed by atoms with Gasteiger partial charge in [0.1, 0.15) is 11.4 Å². The van der Waals surface area contributed by atoms with E-state index in [0.717, 1.165) is 52.4 Å². The molecule has 2 atom stereocenters. The fourth-order valence-corrected chi connectivity index (χ4v) is 5.94. The highest BCUT2D eigenvalue weighted by atomic mass is 35.5. The molecular weight excluding hydrogens is 410 g/mol. The number of rotatable bonds is 4. The summed E-state index contributed by atoms with van der Waals surface area (Å²) < 4.78 is 5.66. The molecule has 7 heteroatoms. The van der Waals surface area contributed by atoms with Gasteiger partial charge >= 0.3 is 0 Å². The minimum atomic E-state index is 0.560. The van der Waals surface area contributed by atoms with Crippen molar-refractivity contribution in [2.75, 3.05) is 0 Å². The third kappa shape index (κ3) is 3.33. The monoisotopic (exact) mass is 433 g/mol. The third-order valence-corrected chi connectivity index (χ3v) is 7.65. The molecule has 3 saturated carbocycles. The molecule has 3 fully saturated rings. The number of nitrogens with one attached hydrogen (secondary N) is 1. The first kappa shape index (κ1) is 19.0. The van der Waals surface area contributed by atoms with Crippen LogP contribution in [0.25, 0.3) is 34.0 Å². The van der Waals surface area contributed by atoms with Crippen LogP contribution in [0.15, 0.2) is 41.1 Å². The molecule has 158 valence electrons. The molecule has 7 rings (SSSR count). The summed E-state index contributed by atoms with van der Waals surface area (Å²) in [4.78, 5) is 14.1. The molecule has 4 aromatic rings. The minimum absolute atomic E-state index is 0.560. The number of pyridine rings is 1. The second kappa shape index (κ2) is 7.45. The maximum Gasteiger partial charge on any atom is 0.181 e. The van der Waals surface area contributed by atoms with E-state index in [1.165, 1.54) is 25.7 Å². The van der Waals surface area contributed by atoms with E-state index in [1.807, 2.05) is 18.2 Å². The van der Waals surface area contributed by atoms with Crippen LogP contribution >= 0.6 is 11.6 Å². The fraction of sp³-hybridized carbons (Fsp3) is 0.417. The van der Waals surface area contributed by atoms with Crippen LogP contribution in [0.4, 0.5) is 0 Å². The van der Waals surface area contributed by atoms with E-state index in [0.29, 0.717) is 22.4 Å². The molecule has 2 bridgehead atoms. The number of fused-ring (bicyclic) bond motifs is 4. The highest BCUT2D eigenvalue weighted by Gasteiger charge is 2.41. The number of hydrogen-bond donors (Lipinski definition) is 1. The number of aromatic amines is 1. The Hall–Kier alpha value is -2.73. The molecule has 4 aromatic heterocycles. The molecule has 4 heterocycles. The highest BCUT2D eigenvalue weighted by Crippen LogP contribution is 2.49. The molecule has 0 spiro atoms. The van der Waals surface area contributed by atoms with Crippen molar-refractivity contribution in [1.29, 1.82) is 0 Å². The van der Waals surface area contributed by atoms with Gasteiger partial charge < -0.3 is 4.42 Å². The van der Waals surface area contributed by atoms with Gasteiger partial charge in [0.15, 0.2) is 17.2 Å². The van der Waals surface area contributed by atoms with E-state index in [1.54, 1.807) is 12.5 Å². The molecule has 0 aromatic carbocycles. The zero-order chi connectivity index (χ0) is 20.9. The summed E-state index contributed by atoms with van der Waals surface area (Å²) in [6.45, 7) is 2.44. The smallest absolute Gasteiger partial charge is 0.181 e. The summed E-state index contributed by atoms with van der Waals surface area (Å²) in [5.41, 5.74) is 3.18. The van der Waals surface area contributed by atoms with E-state index in [-0.39, 0.29) is 0 Å². The Balaban J connectivity index is 1.44. The van der Waals surface area contributed by atoms with Gasteiger partial charge in [-0.05, 0) is 80.0 Å². The SMILES string of the molecule is CC1C2CCC(CC2)C1Cc1cc(-c2ccco2)nc(-c2[nH]nc3ncc(Cl)cc23)n1. The van der Waals surface area contributed by atoms with Crippen molar-refractivity contribution in [3.8, 4) is 23.0 Å². The number of halogens is 1. The fourth-order valence-electron chi connectivity index (χ4n) is 5.78.